The molecule has 51 heavy (non-hydrogen) atoms. The number of amides is 3. The molecule has 0 saturated heterocycles. The quantitative estimate of drug-likeness (QED) is 0.103. The van der Waals surface area contributed by atoms with Gasteiger partial charge in [-0.25, -0.2) is 19.4 Å². The molecule has 1 fully saturated rings. The molecule has 0 bridgehead atoms. The molecule has 0 radical (unpaired) electrons. The van der Waals surface area contributed by atoms with Gasteiger partial charge in [-0.3, -0.25) is 4.90 Å². The van der Waals surface area contributed by atoms with Crippen LogP contribution in [0.1, 0.15) is 43.4 Å². The Balaban J connectivity index is 0.000000755. The van der Waals surface area contributed by atoms with Crippen LogP contribution in [0.2, 0.25) is 0 Å². The van der Waals surface area contributed by atoms with Gasteiger partial charge in [0.15, 0.2) is 12.2 Å². The van der Waals surface area contributed by atoms with Crippen molar-refractivity contribution in [2.75, 3.05) is 37.4 Å². The van der Waals surface area contributed by atoms with Crippen molar-refractivity contribution in [3.8, 4) is 17.1 Å². The first-order chi connectivity index (χ1) is 24.4. The second-order valence-corrected chi connectivity index (χ2v) is 11.7. The number of nitrogens with zero attached hydrogens (tertiary/aromatic N) is 2. The van der Waals surface area contributed by atoms with E-state index in [1.165, 1.54) is 19.2 Å². The van der Waals surface area contributed by atoms with Crippen molar-refractivity contribution in [3.05, 3.63) is 96.5 Å². The number of hydrogen-bond acceptors (Lipinski definition) is 8. The summed E-state index contributed by atoms with van der Waals surface area (Å²) in [5.41, 5.74) is 3.64. The van der Waals surface area contributed by atoms with Crippen molar-refractivity contribution in [2.24, 2.45) is 5.92 Å². The number of carboxylic acid groups (broad SMARTS) is 1. The van der Waals surface area contributed by atoms with E-state index in [9.17, 15) is 22.8 Å². The molecule has 3 amide bonds. The minimum absolute atomic E-state index is 0.249. The molecule has 0 unspecified atom stereocenters. The molecule has 0 spiro atoms. The lowest BCUT2D eigenvalue weighted by Crippen LogP contribution is -2.35. The topological polar surface area (TPSA) is 155 Å². The van der Waals surface area contributed by atoms with E-state index in [1.807, 2.05) is 42.5 Å². The number of aliphatic carboxylic acids is 1. The number of carbonyl (C=O) groups excluding carboxylic acids is 2. The van der Waals surface area contributed by atoms with E-state index < -0.39 is 24.3 Å². The van der Waals surface area contributed by atoms with Gasteiger partial charge in [0.1, 0.15) is 11.9 Å². The Bertz CT molecular complexity index is 1720. The highest BCUT2D eigenvalue weighted by atomic mass is 19.4. The normalized spacial score (nSPS) is 13.0. The number of alkyl carbamates (subject to hydrolysis) is 1. The van der Waals surface area contributed by atoms with E-state index in [4.69, 9.17) is 23.8 Å². The van der Waals surface area contributed by atoms with E-state index in [-0.39, 0.29) is 12.6 Å². The molecule has 5 rings (SSSR count). The zero-order chi connectivity index (χ0) is 36.8. The Morgan fingerprint density at radius 2 is 1.73 bits per heavy atom. The van der Waals surface area contributed by atoms with Gasteiger partial charge in [0, 0.05) is 37.1 Å². The summed E-state index contributed by atoms with van der Waals surface area (Å²) < 4.78 is 48.5. The molecular formula is C36H40F3N5O7. The minimum atomic E-state index is -5.08. The van der Waals surface area contributed by atoms with Crippen LogP contribution in [0, 0.1) is 5.92 Å². The van der Waals surface area contributed by atoms with Crippen LogP contribution >= 0.6 is 0 Å². The fourth-order valence-corrected chi connectivity index (χ4v) is 5.07. The van der Waals surface area contributed by atoms with Gasteiger partial charge >= 0.3 is 24.3 Å². The molecule has 1 saturated carbocycles. The van der Waals surface area contributed by atoms with Crippen LogP contribution in [0.4, 0.5) is 34.1 Å². The highest BCUT2D eigenvalue weighted by Gasteiger charge is 2.38. The summed E-state index contributed by atoms with van der Waals surface area (Å²) in [5.74, 6) is -0.902. The predicted molar refractivity (Wildman–Crippen MR) is 183 cm³/mol. The molecule has 1 heterocycles. The summed E-state index contributed by atoms with van der Waals surface area (Å²) in [5, 5.41) is 15.6. The summed E-state index contributed by atoms with van der Waals surface area (Å²) in [7, 11) is 1.55. The second-order valence-electron chi connectivity index (χ2n) is 11.7. The van der Waals surface area contributed by atoms with Gasteiger partial charge in [0.25, 0.3) is 0 Å². The first-order valence-electron chi connectivity index (χ1n) is 16.2. The van der Waals surface area contributed by atoms with Gasteiger partial charge < -0.3 is 34.9 Å². The van der Waals surface area contributed by atoms with Gasteiger partial charge in [0.2, 0.25) is 0 Å². The third kappa shape index (κ3) is 12.7. The van der Waals surface area contributed by atoms with Crippen molar-refractivity contribution >= 4 is 29.5 Å². The van der Waals surface area contributed by atoms with Gasteiger partial charge in [0.05, 0.1) is 18.9 Å². The first-order valence-corrected chi connectivity index (χ1v) is 16.2. The van der Waals surface area contributed by atoms with Gasteiger partial charge in [-0.1, -0.05) is 49.4 Å². The lowest BCUT2D eigenvalue weighted by molar-refractivity contribution is -0.192. The van der Waals surface area contributed by atoms with Crippen molar-refractivity contribution in [3.63, 3.8) is 0 Å². The van der Waals surface area contributed by atoms with Crippen LogP contribution in [0.5, 0.6) is 5.75 Å². The number of carboxylic acids is 1. The van der Waals surface area contributed by atoms with Crippen molar-refractivity contribution in [1.29, 1.82) is 0 Å². The van der Waals surface area contributed by atoms with E-state index in [2.05, 4.69) is 32.8 Å². The summed E-state index contributed by atoms with van der Waals surface area (Å²) in [6.45, 7) is 5.09. The average molecular weight is 712 g/mol. The summed E-state index contributed by atoms with van der Waals surface area (Å²) in [6, 6.07) is 22.0. The Morgan fingerprint density at radius 3 is 2.33 bits per heavy atom. The number of rotatable bonds is 14. The number of hydrogen-bond donors (Lipinski definition) is 4. The largest absolute Gasteiger partial charge is 0.496 e. The number of oxazole rings is 1. The number of ether oxygens (including phenoxy) is 2. The van der Waals surface area contributed by atoms with E-state index in [1.54, 1.807) is 43.6 Å². The Kier molecular flexibility index (Phi) is 13.8. The number of alkyl halides is 3. The summed E-state index contributed by atoms with van der Waals surface area (Å²) >= 11 is 0. The highest BCUT2D eigenvalue weighted by Crippen LogP contribution is 2.33. The standard InChI is InChI=1S/C34H39N5O5.C2HF3O2/c1-3-16-39(21-24-12-13-24)22-32(26-9-5-4-6-10-26)44-34(41)36-19-25-8-7-11-27(17-25)37-33(40)38-28-14-15-29(30(18-28)42-2)31-20-35-23-43-31;3-2(4,5)1(6)7/h4-11,14-15,17-18,20,23-24,32H,3,12-13,16,19,21-22H2,1-2H3,(H,36,41)(H2,37,38,40);(H,6,7)/t32-;/m1./s1. The molecule has 12 nitrogen and oxygen atoms in total. The number of methoxy groups -OCH3 is 1. The van der Waals surface area contributed by atoms with Crippen molar-refractivity contribution in [2.45, 2.75) is 45.0 Å². The molecule has 3 aromatic carbocycles. The van der Waals surface area contributed by atoms with Crippen LogP contribution in [0.3, 0.4) is 0 Å². The van der Waals surface area contributed by atoms with Gasteiger partial charge in [-0.2, -0.15) is 13.2 Å². The maximum atomic E-state index is 12.9. The molecule has 4 N–H and O–H groups in total. The Labute approximate surface area is 293 Å². The Morgan fingerprint density at radius 1 is 1.02 bits per heavy atom. The zero-order valence-corrected chi connectivity index (χ0v) is 28.1. The van der Waals surface area contributed by atoms with E-state index in [0.717, 1.165) is 42.1 Å². The predicted octanol–water partition coefficient (Wildman–Crippen LogP) is 7.72. The summed E-state index contributed by atoms with van der Waals surface area (Å²) in [4.78, 5) is 40.9. The number of nitrogens with one attached hydrogen (secondary N) is 3. The number of aromatic nitrogens is 1. The molecule has 1 aliphatic rings. The molecule has 0 aliphatic heterocycles. The number of anilines is 2. The molecule has 15 heteroatoms. The zero-order valence-electron chi connectivity index (χ0n) is 28.1. The van der Waals surface area contributed by atoms with Gasteiger partial charge in [-0.05, 0) is 67.1 Å². The van der Waals surface area contributed by atoms with Crippen molar-refractivity contribution in [1.82, 2.24) is 15.2 Å². The molecule has 1 aliphatic carbocycles. The van der Waals surface area contributed by atoms with Gasteiger partial charge in [-0.15, -0.1) is 0 Å². The third-order valence-electron chi connectivity index (χ3n) is 7.62. The maximum absolute atomic E-state index is 12.9. The first kappa shape index (κ1) is 38.2. The molecule has 1 aromatic heterocycles. The number of carbonyl (C=O) groups is 3. The van der Waals surface area contributed by atoms with Crippen LogP contribution < -0.4 is 20.7 Å². The highest BCUT2D eigenvalue weighted by molar-refractivity contribution is 6.00. The monoisotopic (exact) mass is 711 g/mol. The lowest BCUT2D eigenvalue weighted by atomic mass is 10.1. The molecule has 4 aromatic rings. The van der Waals surface area contributed by atoms with Crippen molar-refractivity contribution < 1.29 is 46.6 Å². The third-order valence-corrected chi connectivity index (χ3v) is 7.62. The summed E-state index contributed by atoms with van der Waals surface area (Å²) in [6.07, 6.45) is 0.604. The van der Waals surface area contributed by atoms with E-state index >= 15 is 0 Å². The maximum Gasteiger partial charge on any atom is 0.490 e. The Hall–Kier alpha value is -5.57. The van der Waals surface area contributed by atoms with Crippen LogP contribution in [-0.4, -0.2) is 66.0 Å². The average Bonchev–Trinajstić information content (AvgIpc) is 3.75. The van der Waals surface area contributed by atoms with Crippen LogP contribution in [0.25, 0.3) is 11.3 Å². The van der Waals surface area contributed by atoms with E-state index in [0.29, 0.717) is 29.4 Å². The number of halogens is 3. The smallest absolute Gasteiger partial charge is 0.490 e. The molecule has 1 atom stereocenters. The molecular weight excluding hydrogens is 671 g/mol. The fourth-order valence-electron chi connectivity index (χ4n) is 5.07. The van der Waals surface area contributed by atoms with Crippen LogP contribution in [0.15, 0.2) is 89.8 Å². The SMILES string of the molecule is CCCN(CC1CC1)C[C@@H](OC(=O)NCc1cccc(NC(=O)Nc2ccc(-c3cnco3)c(OC)c2)c1)c1ccccc1.O=C(O)C(F)(F)F. The van der Waals surface area contributed by atoms with Crippen LogP contribution in [-0.2, 0) is 16.1 Å². The number of benzene rings is 3. The lowest BCUT2D eigenvalue weighted by Gasteiger charge is -2.27. The minimum Gasteiger partial charge on any atom is -0.496 e. The second kappa shape index (κ2) is 18.4. The number of urea groups is 1. The fraction of sp³-hybridized carbons (Fsp3) is 0.333. The molecule has 272 valence electrons.